The number of anilines is 3. The molecule has 194 valence electrons. The first-order valence-corrected chi connectivity index (χ1v) is 12.2. The highest BCUT2D eigenvalue weighted by atomic mass is 35.5. The topological polar surface area (TPSA) is 114 Å². The molecule has 4 rings (SSSR count). The second-order valence-corrected chi connectivity index (χ2v) is 8.40. The molecule has 0 fully saturated rings. The molecule has 0 unspecified atom stereocenters. The smallest absolute Gasteiger partial charge is 0.338 e. The molecule has 0 aromatic heterocycles. The maximum absolute atomic E-state index is 13.1. The number of hydrogen-bond donors (Lipinski definition) is 2. The summed E-state index contributed by atoms with van der Waals surface area (Å²) in [6, 6.07) is 19.2. The van der Waals surface area contributed by atoms with Gasteiger partial charge < -0.3 is 20.1 Å². The summed E-state index contributed by atoms with van der Waals surface area (Å²) in [4.78, 5) is 51.7. The zero-order valence-corrected chi connectivity index (χ0v) is 21.4. The lowest BCUT2D eigenvalue weighted by atomic mass is 10.1. The van der Waals surface area contributed by atoms with Crippen LogP contribution in [0.4, 0.5) is 17.1 Å². The summed E-state index contributed by atoms with van der Waals surface area (Å²) in [6.45, 7) is 4.28. The van der Waals surface area contributed by atoms with Gasteiger partial charge in [-0.15, -0.1) is 0 Å². The van der Waals surface area contributed by atoms with Gasteiger partial charge in [-0.1, -0.05) is 23.7 Å². The second-order valence-electron chi connectivity index (χ2n) is 8.02. The van der Waals surface area contributed by atoms with Crippen LogP contribution in [0, 0.1) is 0 Å². The minimum Gasteiger partial charge on any atom is -0.494 e. The summed E-state index contributed by atoms with van der Waals surface area (Å²) in [5.74, 6) is -1.63. The Balaban J connectivity index is 1.48. The van der Waals surface area contributed by atoms with Crippen molar-refractivity contribution < 1.29 is 28.7 Å². The normalized spacial score (nSPS) is 13.0. The van der Waals surface area contributed by atoms with Crippen molar-refractivity contribution in [2.45, 2.75) is 13.8 Å². The zero-order valence-electron chi connectivity index (χ0n) is 20.6. The Bertz CT molecular complexity index is 1430. The summed E-state index contributed by atoms with van der Waals surface area (Å²) in [7, 11) is 0. The highest BCUT2D eigenvalue weighted by molar-refractivity contribution is 6.53. The first-order valence-electron chi connectivity index (χ1n) is 11.8. The summed E-state index contributed by atoms with van der Waals surface area (Å²) in [5.41, 5.74) is 1.60. The van der Waals surface area contributed by atoms with Crippen LogP contribution >= 0.6 is 11.6 Å². The van der Waals surface area contributed by atoms with E-state index in [1.807, 2.05) is 6.92 Å². The molecule has 3 aromatic carbocycles. The molecule has 9 nitrogen and oxygen atoms in total. The fourth-order valence-corrected chi connectivity index (χ4v) is 3.94. The molecule has 0 radical (unpaired) electrons. The largest absolute Gasteiger partial charge is 0.494 e. The van der Waals surface area contributed by atoms with E-state index in [1.165, 1.54) is 12.1 Å². The predicted octanol–water partition coefficient (Wildman–Crippen LogP) is 4.95. The van der Waals surface area contributed by atoms with Crippen LogP contribution in [-0.4, -0.2) is 36.9 Å². The van der Waals surface area contributed by atoms with Crippen LogP contribution < -0.4 is 20.3 Å². The third kappa shape index (κ3) is 5.68. The van der Waals surface area contributed by atoms with Crippen LogP contribution in [0.3, 0.4) is 0 Å². The Labute approximate surface area is 224 Å². The second kappa shape index (κ2) is 11.6. The molecule has 0 bridgehead atoms. The highest BCUT2D eigenvalue weighted by Gasteiger charge is 2.39. The lowest BCUT2D eigenvalue weighted by molar-refractivity contribution is -0.120. The third-order valence-corrected chi connectivity index (χ3v) is 5.81. The van der Waals surface area contributed by atoms with Gasteiger partial charge in [0.25, 0.3) is 17.7 Å². The van der Waals surface area contributed by atoms with Crippen LogP contribution in [0.2, 0.25) is 0 Å². The molecular weight excluding hydrogens is 510 g/mol. The van der Waals surface area contributed by atoms with Crippen LogP contribution in [0.1, 0.15) is 34.6 Å². The first kappa shape index (κ1) is 26.4. The number of ether oxygens (including phenoxy) is 2. The minimum atomic E-state index is -0.668. The highest BCUT2D eigenvalue weighted by Crippen LogP contribution is 2.31. The molecular formula is C28H24ClN3O6. The van der Waals surface area contributed by atoms with Gasteiger partial charge in [-0.05, 0) is 74.5 Å². The molecule has 0 aliphatic carbocycles. The van der Waals surface area contributed by atoms with E-state index < -0.39 is 23.7 Å². The van der Waals surface area contributed by atoms with Crippen molar-refractivity contribution in [3.05, 3.63) is 94.7 Å². The maximum atomic E-state index is 13.1. The molecule has 2 N–H and O–H groups in total. The Morgan fingerprint density at radius 2 is 1.50 bits per heavy atom. The third-order valence-electron chi connectivity index (χ3n) is 5.46. The Hall–Kier alpha value is -4.63. The molecule has 10 heteroatoms. The van der Waals surface area contributed by atoms with Gasteiger partial charge >= 0.3 is 5.97 Å². The SMILES string of the molecule is CCOC(=O)c1cccc(NC(=O)c2cccc(NC3=C(Cl)C(=O)N(c4ccc(OCC)cc4)C3=O)c2)c1. The summed E-state index contributed by atoms with van der Waals surface area (Å²) in [6.07, 6.45) is 0. The number of rotatable bonds is 9. The zero-order chi connectivity index (χ0) is 27.2. The van der Waals surface area contributed by atoms with Crippen molar-refractivity contribution in [2.75, 3.05) is 28.7 Å². The van der Waals surface area contributed by atoms with Crippen molar-refractivity contribution in [1.82, 2.24) is 0 Å². The summed E-state index contributed by atoms with van der Waals surface area (Å²) >= 11 is 6.23. The molecule has 3 aromatic rings. The number of nitrogens with zero attached hydrogens (tertiary/aromatic N) is 1. The number of imide groups is 1. The van der Waals surface area contributed by atoms with E-state index in [4.69, 9.17) is 21.1 Å². The number of hydrogen-bond acceptors (Lipinski definition) is 7. The van der Waals surface area contributed by atoms with Crippen molar-refractivity contribution in [3.63, 3.8) is 0 Å². The van der Waals surface area contributed by atoms with E-state index in [9.17, 15) is 19.2 Å². The lowest BCUT2D eigenvalue weighted by Crippen LogP contribution is -2.32. The fourth-order valence-electron chi connectivity index (χ4n) is 3.73. The van der Waals surface area contributed by atoms with Gasteiger partial charge in [0.2, 0.25) is 0 Å². The van der Waals surface area contributed by atoms with E-state index in [0.717, 1.165) is 4.90 Å². The number of amides is 3. The van der Waals surface area contributed by atoms with Gasteiger partial charge in [0, 0.05) is 16.9 Å². The van der Waals surface area contributed by atoms with Gasteiger partial charge in [-0.3, -0.25) is 14.4 Å². The monoisotopic (exact) mass is 533 g/mol. The minimum absolute atomic E-state index is 0.106. The molecule has 0 saturated carbocycles. The summed E-state index contributed by atoms with van der Waals surface area (Å²) in [5, 5.41) is 5.33. The number of halogens is 1. The van der Waals surface area contributed by atoms with Crippen molar-refractivity contribution in [2.24, 2.45) is 0 Å². The molecule has 1 heterocycles. The Kier molecular flexibility index (Phi) is 8.08. The number of nitrogens with one attached hydrogen (secondary N) is 2. The van der Waals surface area contributed by atoms with Crippen molar-refractivity contribution >= 4 is 52.4 Å². The van der Waals surface area contributed by atoms with Crippen LogP contribution in [0.15, 0.2) is 83.5 Å². The fraction of sp³-hybridized carbons (Fsp3) is 0.143. The van der Waals surface area contributed by atoms with E-state index in [2.05, 4.69) is 10.6 Å². The standard InChI is InChI=1S/C28H24ClN3O6/c1-3-37-22-13-11-21(12-14-22)32-26(34)23(29)24(27(32)35)30-19-9-5-7-17(15-19)25(33)31-20-10-6-8-18(16-20)28(36)38-4-2/h5-16,30H,3-4H2,1-2H3,(H,31,33). The average Bonchev–Trinajstić information content (AvgIpc) is 3.13. The van der Waals surface area contributed by atoms with Gasteiger partial charge in [0.05, 0.1) is 24.5 Å². The molecule has 1 aliphatic heterocycles. The van der Waals surface area contributed by atoms with Crippen molar-refractivity contribution in [1.29, 1.82) is 0 Å². The Morgan fingerprint density at radius 3 is 2.18 bits per heavy atom. The number of carbonyl (C=O) groups is 4. The average molecular weight is 534 g/mol. The van der Waals surface area contributed by atoms with E-state index in [1.54, 1.807) is 67.6 Å². The lowest BCUT2D eigenvalue weighted by Gasteiger charge is -2.16. The molecule has 0 atom stereocenters. The van der Waals surface area contributed by atoms with Gasteiger partial charge in [0.1, 0.15) is 16.5 Å². The van der Waals surface area contributed by atoms with Crippen LogP contribution in [0.25, 0.3) is 0 Å². The molecule has 0 saturated heterocycles. The molecule has 0 spiro atoms. The van der Waals surface area contributed by atoms with E-state index in [-0.39, 0.29) is 22.9 Å². The Morgan fingerprint density at radius 1 is 0.842 bits per heavy atom. The van der Waals surface area contributed by atoms with Gasteiger partial charge in [-0.2, -0.15) is 0 Å². The summed E-state index contributed by atoms with van der Waals surface area (Å²) < 4.78 is 10.4. The molecule has 3 amide bonds. The van der Waals surface area contributed by atoms with E-state index >= 15 is 0 Å². The van der Waals surface area contributed by atoms with Crippen LogP contribution in [0.5, 0.6) is 5.75 Å². The quantitative estimate of drug-likeness (QED) is 0.295. The molecule has 38 heavy (non-hydrogen) atoms. The van der Waals surface area contributed by atoms with Crippen LogP contribution in [-0.2, 0) is 14.3 Å². The van der Waals surface area contributed by atoms with Crippen molar-refractivity contribution in [3.8, 4) is 5.75 Å². The van der Waals surface area contributed by atoms with Gasteiger partial charge in [0.15, 0.2) is 0 Å². The first-order chi connectivity index (χ1) is 18.3. The predicted molar refractivity (Wildman–Crippen MR) is 143 cm³/mol. The maximum Gasteiger partial charge on any atom is 0.338 e. The number of esters is 1. The van der Waals surface area contributed by atoms with Gasteiger partial charge in [-0.25, -0.2) is 9.69 Å². The van der Waals surface area contributed by atoms with E-state index in [0.29, 0.717) is 35.0 Å². The number of carbonyl (C=O) groups excluding carboxylic acids is 4. The molecule has 1 aliphatic rings. The number of benzene rings is 3.